The van der Waals surface area contributed by atoms with Crippen LogP contribution < -0.4 is 5.32 Å². The van der Waals surface area contributed by atoms with Crippen LogP contribution in [0.4, 0.5) is 0 Å². The van der Waals surface area contributed by atoms with Crippen molar-refractivity contribution >= 4 is 0 Å². The molecule has 0 radical (unpaired) electrons. The minimum absolute atomic E-state index is 0.627. The first-order valence-corrected chi connectivity index (χ1v) is 7.54. The van der Waals surface area contributed by atoms with Crippen LogP contribution in [0, 0.1) is 6.92 Å². The average Bonchev–Trinajstić information content (AvgIpc) is 3.10. The Bertz CT molecular complexity index is 536. The molecule has 1 atom stereocenters. The summed E-state index contributed by atoms with van der Waals surface area (Å²) in [6, 6.07) is 0. The molecule has 0 saturated carbocycles. The smallest absolute Gasteiger partial charge is 0.0948 e. The predicted molar refractivity (Wildman–Crippen MR) is 78.7 cm³/mol. The van der Waals surface area contributed by atoms with E-state index in [1.54, 1.807) is 0 Å². The molecule has 3 rings (SSSR count). The van der Waals surface area contributed by atoms with Crippen LogP contribution in [0.1, 0.15) is 42.1 Å². The van der Waals surface area contributed by atoms with E-state index in [-0.39, 0.29) is 0 Å². The number of hydrogen-bond donors (Lipinski definition) is 2. The maximum Gasteiger partial charge on any atom is 0.0948 e. The molecule has 1 aliphatic rings. The van der Waals surface area contributed by atoms with Gasteiger partial charge in [-0.05, 0) is 44.7 Å². The van der Waals surface area contributed by atoms with Gasteiger partial charge >= 0.3 is 0 Å². The van der Waals surface area contributed by atoms with E-state index in [9.17, 15) is 0 Å². The van der Waals surface area contributed by atoms with Gasteiger partial charge in [0.25, 0.3) is 0 Å². The van der Waals surface area contributed by atoms with Gasteiger partial charge in [0.1, 0.15) is 0 Å². The summed E-state index contributed by atoms with van der Waals surface area (Å²) >= 11 is 0. The van der Waals surface area contributed by atoms with Crippen molar-refractivity contribution in [1.29, 1.82) is 0 Å². The van der Waals surface area contributed by atoms with Gasteiger partial charge in [-0.2, -0.15) is 5.10 Å². The second-order valence-corrected chi connectivity index (χ2v) is 5.68. The van der Waals surface area contributed by atoms with Crippen LogP contribution in [0.2, 0.25) is 0 Å². The highest BCUT2D eigenvalue weighted by molar-refractivity contribution is 5.14. The lowest BCUT2D eigenvalue weighted by Gasteiger charge is -2.23. The number of H-pyrrole nitrogens is 1. The Balaban J connectivity index is 1.58. The molecule has 2 aromatic rings. The van der Waals surface area contributed by atoms with Crippen LogP contribution in [-0.2, 0) is 13.0 Å². The lowest BCUT2D eigenvalue weighted by atomic mass is 9.96. The Labute approximate surface area is 119 Å². The largest absolute Gasteiger partial charge is 0.334 e. The second-order valence-electron chi connectivity index (χ2n) is 5.68. The first-order valence-electron chi connectivity index (χ1n) is 7.54. The van der Waals surface area contributed by atoms with Gasteiger partial charge in [0.05, 0.1) is 12.5 Å². The van der Waals surface area contributed by atoms with Crippen molar-refractivity contribution in [3.8, 4) is 0 Å². The molecule has 5 heteroatoms. The fourth-order valence-corrected chi connectivity index (χ4v) is 3.03. The van der Waals surface area contributed by atoms with Gasteiger partial charge in [-0.1, -0.05) is 0 Å². The SMILES string of the molecule is Cc1[nH]ncc1CCCn1cncc1C1CCCNC1. The molecule has 1 fully saturated rings. The van der Waals surface area contributed by atoms with Gasteiger partial charge in [-0.3, -0.25) is 5.10 Å². The zero-order valence-corrected chi connectivity index (χ0v) is 12.1. The Morgan fingerprint density at radius 3 is 3.10 bits per heavy atom. The normalized spacial score (nSPS) is 19.4. The van der Waals surface area contributed by atoms with Gasteiger partial charge in [-0.25, -0.2) is 4.98 Å². The van der Waals surface area contributed by atoms with Crippen molar-refractivity contribution in [3.05, 3.63) is 35.7 Å². The van der Waals surface area contributed by atoms with Crippen LogP contribution >= 0.6 is 0 Å². The molecule has 0 aliphatic carbocycles. The molecule has 0 aromatic carbocycles. The van der Waals surface area contributed by atoms with Crippen LogP contribution in [0.15, 0.2) is 18.7 Å². The minimum atomic E-state index is 0.627. The van der Waals surface area contributed by atoms with E-state index < -0.39 is 0 Å². The molecule has 1 unspecified atom stereocenters. The van der Waals surface area contributed by atoms with Gasteiger partial charge < -0.3 is 9.88 Å². The Morgan fingerprint density at radius 1 is 1.40 bits per heavy atom. The van der Waals surface area contributed by atoms with Crippen LogP contribution in [0.25, 0.3) is 0 Å². The van der Waals surface area contributed by atoms with Crippen LogP contribution in [0.3, 0.4) is 0 Å². The molecular weight excluding hydrogens is 250 g/mol. The average molecular weight is 273 g/mol. The molecule has 5 nitrogen and oxygen atoms in total. The number of piperidine rings is 1. The van der Waals surface area contributed by atoms with E-state index in [0.717, 1.165) is 32.5 Å². The predicted octanol–water partition coefficient (Wildman–Crippen LogP) is 2.01. The molecule has 20 heavy (non-hydrogen) atoms. The van der Waals surface area contributed by atoms with E-state index in [4.69, 9.17) is 0 Å². The van der Waals surface area contributed by atoms with Crippen LogP contribution in [-0.4, -0.2) is 32.8 Å². The fourth-order valence-electron chi connectivity index (χ4n) is 3.03. The van der Waals surface area contributed by atoms with Gasteiger partial charge in [0.15, 0.2) is 0 Å². The maximum absolute atomic E-state index is 4.35. The number of aryl methyl sites for hydroxylation is 3. The molecule has 0 bridgehead atoms. The first-order chi connectivity index (χ1) is 9.84. The van der Waals surface area contributed by atoms with E-state index in [1.807, 2.05) is 18.7 Å². The molecular formula is C15H23N5. The summed E-state index contributed by atoms with van der Waals surface area (Å²) in [5, 5.41) is 10.6. The summed E-state index contributed by atoms with van der Waals surface area (Å²) in [5.41, 5.74) is 3.90. The summed E-state index contributed by atoms with van der Waals surface area (Å²) in [6.07, 6.45) is 10.7. The van der Waals surface area contributed by atoms with E-state index >= 15 is 0 Å². The molecule has 2 aromatic heterocycles. The highest BCUT2D eigenvalue weighted by Gasteiger charge is 2.18. The molecule has 3 heterocycles. The summed E-state index contributed by atoms with van der Waals surface area (Å²) in [5.74, 6) is 0.627. The van der Waals surface area contributed by atoms with Gasteiger partial charge in [0, 0.05) is 36.6 Å². The number of nitrogens with one attached hydrogen (secondary N) is 2. The number of aromatic amines is 1. The number of aromatic nitrogens is 4. The monoisotopic (exact) mass is 273 g/mol. The Hall–Kier alpha value is -1.62. The van der Waals surface area contributed by atoms with Crippen molar-refractivity contribution in [1.82, 2.24) is 25.1 Å². The highest BCUT2D eigenvalue weighted by atomic mass is 15.1. The number of hydrogen-bond acceptors (Lipinski definition) is 3. The third-order valence-electron chi connectivity index (χ3n) is 4.24. The van der Waals surface area contributed by atoms with E-state index in [1.165, 1.54) is 29.8 Å². The topological polar surface area (TPSA) is 58.5 Å². The van der Waals surface area contributed by atoms with Crippen molar-refractivity contribution < 1.29 is 0 Å². The van der Waals surface area contributed by atoms with E-state index in [0.29, 0.717) is 5.92 Å². The van der Waals surface area contributed by atoms with E-state index in [2.05, 4.69) is 32.0 Å². The number of rotatable bonds is 5. The van der Waals surface area contributed by atoms with Crippen molar-refractivity contribution in [2.45, 2.75) is 45.1 Å². The Kier molecular flexibility index (Phi) is 4.16. The minimum Gasteiger partial charge on any atom is -0.334 e. The highest BCUT2D eigenvalue weighted by Crippen LogP contribution is 2.23. The number of imidazole rings is 1. The standard InChI is InChI=1S/C15H23N5/c1-12-13(9-18-19-12)5-3-7-20-11-17-10-15(20)14-4-2-6-16-8-14/h9-11,14,16H,2-8H2,1H3,(H,18,19). The fraction of sp³-hybridized carbons (Fsp3) is 0.600. The Morgan fingerprint density at radius 2 is 2.35 bits per heavy atom. The zero-order chi connectivity index (χ0) is 13.8. The third kappa shape index (κ3) is 2.93. The molecule has 1 saturated heterocycles. The van der Waals surface area contributed by atoms with Crippen molar-refractivity contribution in [3.63, 3.8) is 0 Å². The second kappa shape index (κ2) is 6.22. The molecule has 0 spiro atoms. The number of nitrogens with zero attached hydrogens (tertiary/aromatic N) is 3. The molecule has 0 amide bonds. The summed E-state index contributed by atoms with van der Waals surface area (Å²) in [7, 11) is 0. The summed E-state index contributed by atoms with van der Waals surface area (Å²) < 4.78 is 2.33. The summed E-state index contributed by atoms with van der Waals surface area (Å²) in [4.78, 5) is 4.35. The summed E-state index contributed by atoms with van der Waals surface area (Å²) in [6.45, 7) is 5.37. The lowest BCUT2D eigenvalue weighted by Crippen LogP contribution is -2.29. The molecule has 2 N–H and O–H groups in total. The van der Waals surface area contributed by atoms with Crippen LogP contribution in [0.5, 0.6) is 0 Å². The third-order valence-corrected chi connectivity index (χ3v) is 4.24. The van der Waals surface area contributed by atoms with Gasteiger partial charge in [-0.15, -0.1) is 0 Å². The molecule has 108 valence electrons. The molecule has 1 aliphatic heterocycles. The zero-order valence-electron chi connectivity index (χ0n) is 12.1. The first kappa shape index (κ1) is 13.4. The maximum atomic E-state index is 4.35. The van der Waals surface area contributed by atoms with Crippen molar-refractivity contribution in [2.24, 2.45) is 0 Å². The quantitative estimate of drug-likeness (QED) is 0.876. The lowest BCUT2D eigenvalue weighted by molar-refractivity contribution is 0.438. The van der Waals surface area contributed by atoms with Crippen molar-refractivity contribution in [2.75, 3.05) is 13.1 Å². The van der Waals surface area contributed by atoms with Gasteiger partial charge in [0.2, 0.25) is 0 Å².